The Labute approximate surface area is 175 Å². The third-order valence-corrected chi connectivity index (χ3v) is 5.99. The molecule has 1 fully saturated rings. The van der Waals surface area contributed by atoms with Crippen LogP contribution in [0, 0.1) is 5.92 Å². The van der Waals surface area contributed by atoms with E-state index in [1.165, 1.54) is 0 Å². The molecule has 0 unspecified atom stereocenters. The number of ether oxygens (including phenoxy) is 2. The summed E-state index contributed by atoms with van der Waals surface area (Å²) in [5.41, 5.74) is 2.79. The summed E-state index contributed by atoms with van der Waals surface area (Å²) in [6, 6.07) is 7.83. The van der Waals surface area contributed by atoms with Crippen LogP contribution in [-0.2, 0) is 35.5 Å². The summed E-state index contributed by atoms with van der Waals surface area (Å²) in [5.74, 6) is -0.169. The van der Waals surface area contributed by atoms with Gasteiger partial charge in [0.1, 0.15) is 5.75 Å². The molecular formula is C22H27N3O5. The standard InChI is InChI=1S/C22H27N3O5/c1-29-17-4-2-15(3-5-17)6-11-25-19-7-10-24(14-18(19)20(23-25)22(27)28)21(26)16-8-12-30-13-9-16/h2-5,16H,6-14H2,1H3,(H,27,28). The van der Waals surface area contributed by atoms with Crippen LogP contribution in [0.15, 0.2) is 24.3 Å². The Morgan fingerprint density at radius 2 is 1.97 bits per heavy atom. The van der Waals surface area contributed by atoms with E-state index in [1.807, 2.05) is 24.3 Å². The van der Waals surface area contributed by atoms with Gasteiger partial charge in [-0.2, -0.15) is 5.10 Å². The molecule has 0 aliphatic carbocycles. The lowest BCUT2D eigenvalue weighted by Crippen LogP contribution is -2.41. The summed E-state index contributed by atoms with van der Waals surface area (Å²) in [6.45, 7) is 2.72. The minimum atomic E-state index is -1.05. The monoisotopic (exact) mass is 413 g/mol. The summed E-state index contributed by atoms with van der Waals surface area (Å²) >= 11 is 0. The number of aromatic carboxylic acids is 1. The zero-order chi connectivity index (χ0) is 21.1. The van der Waals surface area contributed by atoms with Crippen LogP contribution in [0.2, 0.25) is 0 Å². The summed E-state index contributed by atoms with van der Waals surface area (Å²) in [5, 5.41) is 14.0. The average molecular weight is 413 g/mol. The molecule has 4 rings (SSSR count). The highest BCUT2D eigenvalue weighted by atomic mass is 16.5. The molecule has 2 aliphatic rings. The number of amides is 1. The fourth-order valence-corrected chi connectivity index (χ4v) is 4.27. The summed E-state index contributed by atoms with van der Waals surface area (Å²) in [4.78, 5) is 26.5. The molecule has 0 bridgehead atoms. The van der Waals surface area contributed by atoms with E-state index in [2.05, 4.69) is 5.10 Å². The SMILES string of the molecule is COc1ccc(CCn2nc(C(=O)O)c3c2CCN(C(=O)C2CCOCC2)C3)cc1. The number of hydrogen-bond donors (Lipinski definition) is 1. The second-order valence-corrected chi connectivity index (χ2v) is 7.80. The molecular weight excluding hydrogens is 386 g/mol. The van der Waals surface area contributed by atoms with Crippen LogP contribution < -0.4 is 4.74 Å². The van der Waals surface area contributed by atoms with E-state index in [1.54, 1.807) is 16.7 Å². The Kier molecular flexibility index (Phi) is 6.03. The molecule has 0 spiro atoms. The molecule has 1 aromatic carbocycles. The van der Waals surface area contributed by atoms with E-state index in [0.29, 0.717) is 44.8 Å². The first-order chi connectivity index (χ1) is 14.6. The van der Waals surface area contributed by atoms with Gasteiger partial charge in [-0.25, -0.2) is 4.79 Å². The highest BCUT2D eigenvalue weighted by Crippen LogP contribution is 2.26. The van der Waals surface area contributed by atoms with Gasteiger partial charge in [0.15, 0.2) is 5.69 Å². The number of aryl methyl sites for hydroxylation is 2. The Hall–Kier alpha value is -2.87. The minimum absolute atomic E-state index is 0.0290. The van der Waals surface area contributed by atoms with Crippen LogP contribution in [0.5, 0.6) is 5.75 Å². The molecule has 1 saturated heterocycles. The van der Waals surface area contributed by atoms with Crippen LogP contribution in [-0.4, -0.2) is 58.5 Å². The lowest BCUT2D eigenvalue weighted by molar-refractivity contribution is -0.139. The third-order valence-electron chi connectivity index (χ3n) is 5.99. The Balaban J connectivity index is 1.49. The molecule has 8 nitrogen and oxygen atoms in total. The summed E-state index contributed by atoms with van der Waals surface area (Å²) < 4.78 is 12.3. The zero-order valence-electron chi connectivity index (χ0n) is 17.2. The number of carboxylic acid groups (broad SMARTS) is 1. The van der Waals surface area contributed by atoms with Gasteiger partial charge in [0.05, 0.1) is 7.11 Å². The largest absolute Gasteiger partial charge is 0.497 e. The maximum absolute atomic E-state index is 12.9. The van der Waals surface area contributed by atoms with E-state index in [0.717, 1.165) is 36.3 Å². The maximum atomic E-state index is 12.9. The number of carbonyl (C=O) groups is 2. The van der Waals surface area contributed by atoms with Gasteiger partial charge in [-0.05, 0) is 37.0 Å². The maximum Gasteiger partial charge on any atom is 0.356 e. The van der Waals surface area contributed by atoms with E-state index in [9.17, 15) is 14.7 Å². The van der Waals surface area contributed by atoms with Gasteiger partial charge in [-0.3, -0.25) is 9.48 Å². The zero-order valence-corrected chi connectivity index (χ0v) is 17.2. The van der Waals surface area contributed by atoms with Crippen molar-refractivity contribution in [3.63, 3.8) is 0 Å². The molecule has 2 aliphatic heterocycles. The van der Waals surface area contributed by atoms with Crippen molar-refractivity contribution in [1.29, 1.82) is 0 Å². The molecule has 2 aromatic rings. The number of carboxylic acids is 1. The molecule has 0 radical (unpaired) electrons. The van der Waals surface area contributed by atoms with E-state index in [-0.39, 0.29) is 17.5 Å². The molecule has 0 atom stereocenters. The fourth-order valence-electron chi connectivity index (χ4n) is 4.27. The minimum Gasteiger partial charge on any atom is -0.497 e. The Morgan fingerprint density at radius 1 is 1.23 bits per heavy atom. The topological polar surface area (TPSA) is 93.9 Å². The summed E-state index contributed by atoms with van der Waals surface area (Å²) in [6.07, 6.45) is 2.82. The van der Waals surface area contributed by atoms with E-state index >= 15 is 0 Å². The molecule has 1 N–H and O–H groups in total. The van der Waals surface area contributed by atoms with Gasteiger partial charge in [0.25, 0.3) is 0 Å². The number of nitrogens with zero attached hydrogens (tertiary/aromatic N) is 3. The van der Waals surface area contributed by atoms with Crippen LogP contribution in [0.1, 0.15) is 40.2 Å². The average Bonchev–Trinajstić information content (AvgIpc) is 3.16. The van der Waals surface area contributed by atoms with Crippen LogP contribution in [0.25, 0.3) is 0 Å². The highest BCUT2D eigenvalue weighted by Gasteiger charge is 2.33. The second-order valence-electron chi connectivity index (χ2n) is 7.80. The van der Waals surface area contributed by atoms with Crippen molar-refractivity contribution >= 4 is 11.9 Å². The number of hydrogen-bond acceptors (Lipinski definition) is 5. The molecule has 1 amide bonds. The van der Waals surface area contributed by atoms with E-state index < -0.39 is 5.97 Å². The number of methoxy groups -OCH3 is 1. The van der Waals surface area contributed by atoms with Crippen molar-refractivity contribution in [2.45, 2.75) is 38.8 Å². The van der Waals surface area contributed by atoms with Gasteiger partial charge in [0.2, 0.25) is 5.91 Å². The van der Waals surface area contributed by atoms with Crippen LogP contribution in [0.4, 0.5) is 0 Å². The third kappa shape index (κ3) is 4.18. The Bertz CT molecular complexity index is 916. The molecule has 8 heteroatoms. The first-order valence-electron chi connectivity index (χ1n) is 10.4. The van der Waals surface area contributed by atoms with Crippen molar-refractivity contribution in [2.24, 2.45) is 5.92 Å². The number of aromatic nitrogens is 2. The lowest BCUT2D eigenvalue weighted by atomic mass is 9.96. The quantitative estimate of drug-likeness (QED) is 0.780. The predicted molar refractivity (Wildman–Crippen MR) is 109 cm³/mol. The predicted octanol–water partition coefficient (Wildman–Crippen LogP) is 2.14. The molecule has 0 saturated carbocycles. The van der Waals surface area contributed by atoms with Gasteiger partial charge in [-0.15, -0.1) is 0 Å². The van der Waals surface area contributed by atoms with Gasteiger partial charge in [0, 0.05) is 56.4 Å². The van der Waals surface area contributed by atoms with Gasteiger partial charge < -0.3 is 19.5 Å². The van der Waals surface area contributed by atoms with Crippen molar-refractivity contribution in [3.8, 4) is 5.75 Å². The van der Waals surface area contributed by atoms with Crippen molar-refractivity contribution < 1.29 is 24.2 Å². The number of rotatable bonds is 6. The smallest absolute Gasteiger partial charge is 0.356 e. The van der Waals surface area contributed by atoms with Crippen LogP contribution in [0.3, 0.4) is 0 Å². The number of carbonyl (C=O) groups excluding carboxylic acids is 1. The normalized spacial score (nSPS) is 16.9. The molecule has 1 aromatic heterocycles. The van der Waals surface area contributed by atoms with Crippen molar-refractivity contribution in [1.82, 2.24) is 14.7 Å². The van der Waals surface area contributed by atoms with Crippen molar-refractivity contribution in [3.05, 3.63) is 46.8 Å². The first kappa shape index (κ1) is 20.4. The molecule has 160 valence electrons. The number of fused-ring (bicyclic) bond motifs is 1. The van der Waals surface area contributed by atoms with Crippen LogP contribution >= 0.6 is 0 Å². The number of benzene rings is 1. The first-order valence-corrected chi connectivity index (χ1v) is 10.4. The molecule has 30 heavy (non-hydrogen) atoms. The molecule has 3 heterocycles. The Morgan fingerprint density at radius 3 is 2.63 bits per heavy atom. The van der Waals surface area contributed by atoms with Gasteiger partial charge in [-0.1, -0.05) is 12.1 Å². The summed E-state index contributed by atoms with van der Waals surface area (Å²) in [7, 11) is 1.63. The van der Waals surface area contributed by atoms with Gasteiger partial charge >= 0.3 is 5.97 Å². The fraction of sp³-hybridized carbons (Fsp3) is 0.500. The highest BCUT2D eigenvalue weighted by molar-refractivity contribution is 5.88. The van der Waals surface area contributed by atoms with Crippen molar-refractivity contribution in [2.75, 3.05) is 26.9 Å². The second kappa shape index (κ2) is 8.87. The van der Waals surface area contributed by atoms with E-state index in [4.69, 9.17) is 9.47 Å². The lowest BCUT2D eigenvalue weighted by Gasteiger charge is -2.32.